The summed E-state index contributed by atoms with van der Waals surface area (Å²) in [4.78, 5) is 17.4. The number of hydrogen-bond acceptors (Lipinski definition) is 4. The molecule has 1 aliphatic rings. The van der Waals surface area contributed by atoms with Crippen molar-refractivity contribution in [3.63, 3.8) is 0 Å². The van der Waals surface area contributed by atoms with Gasteiger partial charge in [0, 0.05) is 25.4 Å². The van der Waals surface area contributed by atoms with E-state index in [0.717, 1.165) is 73.5 Å². The van der Waals surface area contributed by atoms with Gasteiger partial charge in [0.2, 0.25) is 5.91 Å². The number of nitrogens with one attached hydrogen (secondary N) is 1. The van der Waals surface area contributed by atoms with E-state index in [-0.39, 0.29) is 11.8 Å². The highest BCUT2D eigenvalue weighted by molar-refractivity contribution is 5.78. The standard InChI is InChI=1S/C31H41N3O3/c1-3-12-24-18-19-28(29(23-24)36-2)37-22-10-9-21-34-27-16-8-7-15-26(27)33-30(34)17-11-20-32-31(35)25-13-5-4-6-14-25/h3,7-8,12,15-16,18-19,23,25H,4-6,9-11,13-14,17,20-22H2,1-2H3,(H,32,35)/b12-3+. The number of fused-ring (bicyclic) bond motifs is 1. The Balaban J connectivity index is 1.27. The van der Waals surface area contributed by atoms with Gasteiger partial charge < -0.3 is 19.4 Å². The molecule has 2 aromatic carbocycles. The molecule has 1 fully saturated rings. The van der Waals surface area contributed by atoms with E-state index in [4.69, 9.17) is 14.5 Å². The number of ether oxygens (including phenoxy) is 2. The number of methoxy groups -OCH3 is 1. The summed E-state index contributed by atoms with van der Waals surface area (Å²) in [6.07, 6.45) is 13.4. The molecule has 4 rings (SSSR count). The van der Waals surface area contributed by atoms with E-state index < -0.39 is 0 Å². The van der Waals surface area contributed by atoms with Crippen LogP contribution in [0.1, 0.15) is 69.7 Å². The van der Waals surface area contributed by atoms with Crippen molar-refractivity contribution >= 4 is 23.0 Å². The fraction of sp³-hybridized carbons (Fsp3) is 0.484. The zero-order valence-corrected chi connectivity index (χ0v) is 22.4. The molecule has 0 unspecified atom stereocenters. The van der Waals surface area contributed by atoms with Crippen LogP contribution < -0.4 is 14.8 Å². The van der Waals surface area contributed by atoms with Gasteiger partial charge >= 0.3 is 0 Å². The largest absolute Gasteiger partial charge is 0.493 e. The van der Waals surface area contributed by atoms with Crippen molar-refractivity contribution in [2.24, 2.45) is 5.92 Å². The van der Waals surface area contributed by atoms with E-state index in [1.165, 1.54) is 24.8 Å². The average Bonchev–Trinajstić information content (AvgIpc) is 3.29. The smallest absolute Gasteiger partial charge is 0.223 e. The molecule has 198 valence electrons. The van der Waals surface area contributed by atoms with Gasteiger partial charge in [-0.05, 0) is 68.9 Å². The third-order valence-corrected chi connectivity index (χ3v) is 7.17. The molecule has 1 aromatic heterocycles. The number of carbonyl (C=O) groups is 1. The molecule has 0 bridgehead atoms. The third kappa shape index (κ3) is 7.37. The molecule has 1 heterocycles. The van der Waals surface area contributed by atoms with E-state index in [1.807, 2.05) is 43.3 Å². The van der Waals surface area contributed by atoms with Gasteiger partial charge in [0.15, 0.2) is 11.5 Å². The third-order valence-electron chi connectivity index (χ3n) is 7.17. The maximum Gasteiger partial charge on any atom is 0.223 e. The molecule has 6 heteroatoms. The van der Waals surface area contributed by atoms with Crippen molar-refractivity contribution in [3.8, 4) is 11.5 Å². The van der Waals surface area contributed by atoms with Gasteiger partial charge in [-0.2, -0.15) is 0 Å². The lowest BCUT2D eigenvalue weighted by molar-refractivity contribution is -0.125. The second-order valence-electron chi connectivity index (χ2n) is 9.86. The first-order valence-corrected chi connectivity index (χ1v) is 13.8. The molecule has 0 radical (unpaired) electrons. The van der Waals surface area contributed by atoms with Crippen LogP contribution in [0.3, 0.4) is 0 Å². The first-order valence-electron chi connectivity index (χ1n) is 13.8. The minimum Gasteiger partial charge on any atom is -0.493 e. The molecule has 37 heavy (non-hydrogen) atoms. The fourth-order valence-electron chi connectivity index (χ4n) is 5.19. The number of benzene rings is 2. The van der Waals surface area contributed by atoms with Crippen LogP contribution in [0.15, 0.2) is 48.5 Å². The van der Waals surface area contributed by atoms with Crippen molar-refractivity contribution < 1.29 is 14.3 Å². The van der Waals surface area contributed by atoms with Crippen LogP contribution in [0.25, 0.3) is 17.1 Å². The Hall–Kier alpha value is -3.28. The molecule has 0 spiro atoms. The van der Waals surface area contributed by atoms with Gasteiger partial charge in [-0.1, -0.05) is 49.6 Å². The maximum atomic E-state index is 12.5. The second-order valence-corrected chi connectivity index (χ2v) is 9.86. The normalized spacial score (nSPS) is 14.3. The van der Waals surface area contributed by atoms with Gasteiger partial charge in [0.1, 0.15) is 5.82 Å². The van der Waals surface area contributed by atoms with Crippen molar-refractivity contribution in [3.05, 3.63) is 59.9 Å². The van der Waals surface area contributed by atoms with Gasteiger partial charge in [0.25, 0.3) is 0 Å². The lowest BCUT2D eigenvalue weighted by Gasteiger charge is -2.20. The Morgan fingerprint density at radius 1 is 1.08 bits per heavy atom. The van der Waals surface area contributed by atoms with Crippen molar-refractivity contribution in [2.45, 2.75) is 71.3 Å². The Labute approximate surface area is 221 Å². The number of para-hydroxylation sites is 2. The summed E-state index contributed by atoms with van der Waals surface area (Å²) in [5.41, 5.74) is 3.30. The summed E-state index contributed by atoms with van der Waals surface area (Å²) < 4.78 is 13.9. The number of aryl methyl sites for hydroxylation is 2. The quantitative estimate of drug-likeness (QED) is 0.268. The molecule has 1 aliphatic carbocycles. The molecule has 1 saturated carbocycles. The Kier molecular flexibility index (Phi) is 10.0. The zero-order valence-electron chi connectivity index (χ0n) is 22.4. The highest BCUT2D eigenvalue weighted by atomic mass is 16.5. The van der Waals surface area contributed by atoms with E-state index in [2.05, 4.69) is 28.1 Å². The molecule has 6 nitrogen and oxygen atoms in total. The van der Waals surface area contributed by atoms with Crippen LogP contribution in [0, 0.1) is 5.92 Å². The topological polar surface area (TPSA) is 65.4 Å². The van der Waals surface area contributed by atoms with Crippen LogP contribution in [0.2, 0.25) is 0 Å². The summed E-state index contributed by atoms with van der Waals surface area (Å²) in [5.74, 6) is 3.08. The maximum absolute atomic E-state index is 12.5. The SMILES string of the molecule is C/C=C/c1ccc(OCCCCn2c(CCCNC(=O)C3CCCCC3)nc3ccccc32)c(OC)c1. The van der Waals surface area contributed by atoms with E-state index in [0.29, 0.717) is 13.2 Å². The summed E-state index contributed by atoms with van der Waals surface area (Å²) in [6.45, 7) is 4.24. The van der Waals surface area contributed by atoms with Crippen LogP contribution in [-0.2, 0) is 17.8 Å². The van der Waals surface area contributed by atoms with E-state index in [1.54, 1.807) is 7.11 Å². The number of imidazole rings is 1. The highest BCUT2D eigenvalue weighted by Gasteiger charge is 2.20. The lowest BCUT2D eigenvalue weighted by Crippen LogP contribution is -2.32. The van der Waals surface area contributed by atoms with Crippen LogP contribution in [-0.4, -0.2) is 35.7 Å². The van der Waals surface area contributed by atoms with Crippen LogP contribution >= 0.6 is 0 Å². The average molecular weight is 504 g/mol. The Morgan fingerprint density at radius 2 is 1.92 bits per heavy atom. The summed E-state index contributed by atoms with van der Waals surface area (Å²) >= 11 is 0. The van der Waals surface area contributed by atoms with Gasteiger partial charge in [-0.3, -0.25) is 4.79 Å². The molecule has 0 atom stereocenters. The van der Waals surface area contributed by atoms with E-state index in [9.17, 15) is 4.79 Å². The predicted octanol–water partition coefficient (Wildman–Crippen LogP) is 6.57. The molecule has 0 saturated heterocycles. The Morgan fingerprint density at radius 3 is 2.73 bits per heavy atom. The molecule has 3 aromatic rings. The molecule has 1 N–H and O–H groups in total. The first kappa shape index (κ1) is 26.8. The van der Waals surface area contributed by atoms with Crippen molar-refractivity contribution in [1.82, 2.24) is 14.9 Å². The molecule has 0 aliphatic heterocycles. The first-order chi connectivity index (χ1) is 18.2. The molecule has 1 amide bonds. The number of allylic oxidation sites excluding steroid dienone is 1. The van der Waals surface area contributed by atoms with Gasteiger partial charge in [-0.25, -0.2) is 4.98 Å². The van der Waals surface area contributed by atoms with E-state index >= 15 is 0 Å². The number of aromatic nitrogens is 2. The van der Waals surface area contributed by atoms with Crippen LogP contribution in [0.5, 0.6) is 11.5 Å². The number of nitrogens with zero attached hydrogens (tertiary/aromatic N) is 2. The number of carbonyl (C=O) groups excluding carboxylic acids is 1. The fourth-order valence-corrected chi connectivity index (χ4v) is 5.19. The highest BCUT2D eigenvalue weighted by Crippen LogP contribution is 2.29. The minimum atomic E-state index is 0.214. The number of amides is 1. The molecular weight excluding hydrogens is 462 g/mol. The van der Waals surface area contributed by atoms with Crippen LogP contribution in [0.4, 0.5) is 0 Å². The summed E-state index contributed by atoms with van der Waals surface area (Å²) in [5, 5.41) is 3.16. The number of hydrogen-bond donors (Lipinski definition) is 1. The second kappa shape index (κ2) is 13.9. The van der Waals surface area contributed by atoms with Crippen molar-refractivity contribution in [2.75, 3.05) is 20.3 Å². The monoisotopic (exact) mass is 503 g/mol. The molecular formula is C31H41N3O3. The van der Waals surface area contributed by atoms with Gasteiger partial charge in [0.05, 0.1) is 24.8 Å². The predicted molar refractivity (Wildman–Crippen MR) is 150 cm³/mol. The summed E-state index contributed by atoms with van der Waals surface area (Å²) in [6, 6.07) is 14.3. The summed E-state index contributed by atoms with van der Waals surface area (Å²) in [7, 11) is 1.68. The lowest BCUT2D eigenvalue weighted by atomic mass is 9.89. The van der Waals surface area contributed by atoms with Crippen molar-refractivity contribution in [1.29, 1.82) is 0 Å². The number of unbranched alkanes of at least 4 members (excludes halogenated alkanes) is 1. The zero-order chi connectivity index (χ0) is 25.9. The van der Waals surface area contributed by atoms with Gasteiger partial charge in [-0.15, -0.1) is 0 Å². The minimum absolute atomic E-state index is 0.214. The Bertz CT molecular complexity index is 1180. The number of rotatable bonds is 13.